The maximum absolute atomic E-state index is 12.4. The predicted molar refractivity (Wildman–Crippen MR) is 65.5 cm³/mol. The first-order chi connectivity index (χ1) is 10.4. The van der Waals surface area contributed by atoms with Gasteiger partial charge in [-0.1, -0.05) is 0 Å². The van der Waals surface area contributed by atoms with Crippen LogP contribution in [0.1, 0.15) is 6.92 Å². The number of alkyl halides is 10. The quantitative estimate of drug-likeness (QED) is 0.498. The summed E-state index contributed by atoms with van der Waals surface area (Å²) in [5, 5.41) is 0. The highest BCUT2D eigenvalue weighted by Gasteiger charge is 2.70. The van der Waals surface area contributed by atoms with E-state index in [-0.39, 0.29) is 0 Å². The minimum absolute atomic E-state index is 0.809. The average molecular weight is 384 g/mol. The first-order valence-corrected chi connectivity index (χ1v) is 6.12. The van der Waals surface area contributed by atoms with Gasteiger partial charge < -0.3 is 22.9 Å². The van der Waals surface area contributed by atoms with E-state index in [9.17, 15) is 43.9 Å². The van der Waals surface area contributed by atoms with Crippen molar-refractivity contribution in [1.82, 2.24) is 0 Å². The fraction of sp³-hybridized carbons (Fsp3) is 1.00. The average Bonchev–Trinajstić information content (AvgIpc) is 2.46. The molecule has 8 N–H and O–H groups in total. The summed E-state index contributed by atoms with van der Waals surface area (Å²) in [4.78, 5) is 0. The molecule has 24 heavy (non-hydrogen) atoms. The van der Waals surface area contributed by atoms with Gasteiger partial charge in [0, 0.05) is 0 Å². The van der Waals surface area contributed by atoms with Gasteiger partial charge in [-0.2, -0.15) is 43.9 Å². The largest absolute Gasteiger partial charge is 0.374 e. The van der Waals surface area contributed by atoms with Crippen LogP contribution in [-0.4, -0.2) is 55.3 Å². The first kappa shape index (κ1) is 25.4. The first-order valence-electron chi connectivity index (χ1n) is 6.12. The maximum Gasteiger partial charge on any atom is 0.374 e. The van der Waals surface area contributed by atoms with Crippen molar-refractivity contribution in [3.05, 3.63) is 0 Å². The summed E-state index contributed by atoms with van der Waals surface area (Å²) >= 11 is 0. The van der Waals surface area contributed by atoms with Crippen LogP contribution in [0.2, 0.25) is 0 Å². The highest BCUT2D eigenvalue weighted by atomic mass is 19.3. The van der Waals surface area contributed by atoms with Crippen LogP contribution in [0, 0.1) is 0 Å². The molecular weight excluding hydrogens is 366 g/mol. The minimum atomic E-state index is -5.52. The summed E-state index contributed by atoms with van der Waals surface area (Å²) in [6.45, 7) is -4.32. The number of rotatable bonds is 7. The van der Waals surface area contributed by atoms with E-state index in [1.54, 1.807) is 0 Å². The van der Waals surface area contributed by atoms with Crippen LogP contribution in [0.25, 0.3) is 0 Å². The molecule has 0 bridgehead atoms. The number of hydrogen-bond donors (Lipinski definition) is 4. The van der Waals surface area contributed by atoms with Crippen LogP contribution in [0.15, 0.2) is 0 Å². The van der Waals surface area contributed by atoms with Crippen molar-refractivity contribution in [2.24, 2.45) is 22.9 Å². The molecule has 1 atom stereocenters. The molecular formula is C10H18F10N4. The highest BCUT2D eigenvalue weighted by molar-refractivity contribution is 4.97. The zero-order chi connectivity index (χ0) is 20.2. The SMILES string of the molecule is CC(N)C(F)(F)C(F)(F)CN.NCC(F)(F)C(F)(F)C(F)(F)CN. The molecule has 0 aliphatic carbocycles. The Morgan fingerprint density at radius 1 is 0.625 bits per heavy atom. The molecule has 0 heterocycles. The lowest BCUT2D eigenvalue weighted by atomic mass is 10.1. The molecule has 0 saturated carbocycles. The Balaban J connectivity index is 0. The molecule has 0 radical (unpaired) electrons. The maximum atomic E-state index is 12.4. The van der Waals surface area contributed by atoms with Crippen LogP contribution >= 0.6 is 0 Å². The van der Waals surface area contributed by atoms with Crippen molar-refractivity contribution in [2.75, 3.05) is 19.6 Å². The standard InChI is InChI=1S/C5H8F6N2.C5H10F4N2/c6-3(7,1-12)5(10,11)4(8,9)2-13;1-3(11)5(8,9)4(6,7)2-10/h1-2,12-13H2;3H,2,10-11H2,1H3. The third-order valence-corrected chi connectivity index (χ3v) is 2.75. The lowest BCUT2D eigenvalue weighted by Gasteiger charge is -2.31. The van der Waals surface area contributed by atoms with E-state index in [0.29, 0.717) is 0 Å². The summed E-state index contributed by atoms with van der Waals surface area (Å²) in [5.74, 6) is -23.9. The van der Waals surface area contributed by atoms with E-state index in [2.05, 4.69) is 22.9 Å². The van der Waals surface area contributed by atoms with Crippen LogP contribution in [-0.2, 0) is 0 Å². The van der Waals surface area contributed by atoms with Gasteiger partial charge in [-0.25, -0.2) is 0 Å². The molecule has 0 saturated heterocycles. The Labute approximate surface area is 130 Å². The minimum Gasteiger partial charge on any atom is -0.325 e. The summed E-state index contributed by atoms with van der Waals surface area (Å²) in [5.41, 5.74) is 17.6. The van der Waals surface area contributed by atoms with Gasteiger partial charge in [0.25, 0.3) is 0 Å². The van der Waals surface area contributed by atoms with E-state index in [4.69, 9.17) is 0 Å². The van der Waals surface area contributed by atoms with Crippen LogP contribution < -0.4 is 22.9 Å². The molecule has 0 aliphatic heterocycles. The normalized spacial score (nSPS) is 15.6. The van der Waals surface area contributed by atoms with Gasteiger partial charge in [-0.3, -0.25) is 0 Å². The lowest BCUT2D eigenvalue weighted by molar-refractivity contribution is -0.301. The van der Waals surface area contributed by atoms with Crippen molar-refractivity contribution in [2.45, 2.75) is 42.6 Å². The van der Waals surface area contributed by atoms with Crippen molar-refractivity contribution in [1.29, 1.82) is 0 Å². The highest BCUT2D eigenvalue weighted by Crippen LogP contribution is 2.44. The van der Waals surface area contributed by atoms with Crippen LogP contribution in [0.4, 0.5) is 43.9 Å². The van der Waals surface area contributed by atoms with Gasteiger partial charge in [0.2, 0.25) is 0 Å². The Kier molecular flexibility index (Phi) is 8.47. The van der Waals surface area contributed by atoms with E-state index in [1.807, 2.05) is 0 Å². The van der Waals surface area contributed by atoms with E-state index >= 15 is 0 Å². The zero-order valence-corrected chi connectivity index (χ0v) is 12.3. The zero-order valence-electron chi connectivity index (χ0n) is 12.3. The summed E-state index contributed by atoms with van der Waals surface area (Å²) in [6.07, 6.45) is 0. The molecule has 0 aliphatic rings. The Bertz CT molecular complexity index is 368. The molecule has 14 heteroatoms. The molecule has 0 spiro atoms. The molecule has 1 unspecified atom stereocenters. The summed E-state index contributed by atoms with van der Waals surface area (Å²) in [7, 11) is 0. The molecule has 0 aromatic heterocycles. The van der Waals surface area contributed by atoms with Gasteiger partial charge >= 0.3 is 29.6 Å². The Hall–Kier alpha value is -0.860. The van der Waals surface area contributed by atoms with Gasteiger partial charge in [-0.15, -0.1) is 0 Å². The molecule has 0 amide bonds. The third-order valence-electron chi connectivity index (χ3n) is 2.75. The van der Waals surface area contributed by atoms with Crippen molar-refractivity contribution in [3.63, 3.8) is 0 Å². The van der Waals surface area contributed by atoms with E-state index in [1.165, 1.54) is 0 Å². The summed E-state index contributed by atoms with van der Waals surface area (Å²) < 4.78 is 123. The molecule has 148 valence electrons. The van der Waals surface area contributed by atoms with E-state index < -0.39 is 55.3 Å². The predicted octanol–water partition coefficient (Wildman–Crippen LogP) is 1.37. The fourth-order valence-corrected chi connectivity index (χ4v) is 0.993. The Morgan fingerprint density at radius 3 is 1.00 bits per heavy atom. The van der Waals surface area contributed by atoms with Crippen LogP contribution in [0.5, 0.6) is 0 Å². The molecule has 4 nitrogen and oxygen atoms in total. The molecule has 0 fully saturated rings. The third kappa shape index (κ3) is 5.07. The molecule has 0 aromatic carbocycles. The second kappa shape index (κ2) is 8.01. The summed E-state index contributed by atoms with van der Waals surface area (Å²) in [6, 6.07) is -1.90. The second-order valence-electron chi connectivity index (χ2n) is 4.71. The number of halogens is 10. The smallest absolute Gasteiger partial charge is 0.325 e. The number of nitrogens with two attached hydrogens (primary N) is 4. The second-order valence-corrected chi connectivity index (χ2v) is 4.71. The van der Waals surface area contributed by atoms with Crippen molar-refractivity contribution >= 4 is 0 Å². The monoisotopic (exact) mass is 384 g/mol. The Morgan fingerprint density at radius 2 is 0.875 bits per heavy atom. The van der Waals surface area contributed by atoms with Crippen molar-refractivity contribution in [3.8, 4) is 0 Å². The lowest BCUT2D eigenvalue weighted by Crippen LogP contribution is -2.59. The topological polar surface area (TPSA) is 104 Å². The van der Waals surface area contributed by atoms with Crippen molar-refractivity contribution < 1.29 is 43.9 Å². The van der Waals surface area contributed by atoms with Gasteiger partial charge in [0.1, 0.15) is 0 Å². The van der Waals surface area contributed by atoms with Crippen LogP contribution in [0.3, 0.4) is 0 Å². The van der Waals surface area contributed by atoms with Gasteiger partial charge in [0.15, 0.2) is 0 Å². The van der Waals surface area contributed by atoms with E-state index in [0.717, 1.165) is 6.92 Å². The van der Waals surface area contributed by atoms with Gasteiger partial charge in [0.05, 0.1) is 25.7 Å². The number of hydrogen-bond acceptors (Lipinski definition) is 4. The van der Waals surface area contributed by atoms with Gasteiger partial charge in [-0.05, 0) is 6.92 Å². The fourth-order valence-electron chi connectivity index (χ4n) is 0.993. The molecule has 0 rings (SSSR count). The molecule has 0 aromatic rings.